The van der Waals surface area contributed by atoms with Crippen LogP contribution in [0.25, 0.3) is 16.8 Å². The number of hydrogen-bond acceptors (Lipinski definition) is 5. The number of rotatable bonds is 4. The quantitative estimate of drug-likeness (QED) is 0.384. The van der Waals surface area contributed by atoms with E-state index in [1.165, 1.54) is 38.8 Å². The summed E-state index contributed by atoms with van der Waals surface area (Å²) in [4.78, 5) is 17.8. The molecule has 31 heavy (non-hydrogen) atoms. The van der Waals surface area contributed by atoms with E-state index in [9.17, 15) is 23.1 Å². The molecule has 0 saturated carbocycles. The van der Waals surface area contributed by atoms with Crippen molar-refractivity contribution >= 4 is 44.5 Å². The van der Waals surface area contributed by atoms with E-state index in [4.69, 9.17) is 11.6 Å². The van der Waals surface area contributed by atoms with Gasteiger partial charge in [-0.25, -0.2) is 9.78 Å². The Morgan fingerprint density at radius 3 is 2.74 bits per heavy atom. The van der Waals surface area contributed by atoms with Crippen molar-refractivity contribution in [3.63, 3.8) is 0 Å². The highest BCUT2D eigenvalue weighted by Crippen LogP contribution is 2.33. The summed E-state index contributed by atoms with van der Waals surface area (Å²) in [6, 6.07) is 8.52. The zero-order valence-electron chi connectivity index (χ0n) is 15.2. The second-order valence-corrected chi connectivity index (χ2v) is 8.93. The van der Waals surface area contributed by atoms with Crippen LogP contribution in [0.4, 0.5) is 13.2 Å². The maximum Gasteiger partial charge on any atom is 0.573 e. The fraction of sp³-hybridized carbons (Fsp3) is 0.105. The van der Waals surface area contributed by atoms with Crippen molar-refractivity contribution in [3.05, 3.63) is 73.0 Å². The van der Waals surface area contributed by atoms with E-state index >= 15 is 0 Å². The van der Waals surface area contributed by atoms with Gasteiger partial charge in [0.05, 0.1) is 11.1 Å². The molecule has 0 saturated heterocycles. The van der Waals surface area contributed by atoms with Crippen LogP contribution in [0.1, 0.15) is 4.88 Å². The Hall–Kier alpha value is -2.63. The summed E-state index contributed by atoms with van der Waals surface area (Å²) in [6.45, 7) is 0.136. The Morgan fingerprint density at radius 1 is 1.29 bits per heavy atom. The fourth-order valence-corrected chi connectivity index (χ4v) is 4.55. The molecule has 4 rings (SSSR count). The molecule has 0 unspecified atom stereocenters. The number of ether oxygens (including phenoxy) is 1. The van der Waals surface area contributed by atoms with Crippen molar-refractivity contribution in [1.82, 2.24) is 9.38 Å². The van der Waals surface area contributed by atoms with Gasteiger partial charge in [-0.2, -0.15) is 8.97 Å². The Morgan fingerprint density at radius 2 is 2.06 bits per heavy atom. The van der Waals surface area contributed by atoms with Gasteiger partial charge in [-0.05, 0) is 24.3 Å². The van der Waals surface area contributed by atoms with E-state index in [2.05, 4.69) is 25.7 Å². The van der Waals surface area contributed by atoms with Gasteiger partial charge >= 0.3 is 11.9 Å². The Bertz CT molecular complexity index is 1360. The van der Waals surface area contributed by atoms with Gasteiger partial charge in [-0.15, -0.1) is 24.5 Å². The predicted octanol–water partition coefficient (Wildman–Crippen LogP) is 4.78. The van der Waals surface area contributed by atoms with Crippen molar-refractivity contribution in [1.29, 1.82) is 0 Å². The highest BCUT2D eigenvalue weighted by Gasteiger charge is 2.32. The van der Waals surface area contributed by atoms with Gasteiger partial charge in [-0.3, -0.25) is 0 Å². The Kier molecular flexibility index (Phi) is 5.67. The lowest BCUT2D eigenvalue weighted by molar-refractivity contribution is -0.671. The summed E-state index contributed by atoms with van der Waals surface area (Å²) in [5, 5.41) is 11.0. The lowest BCUT2D eigenvalue weighted by Crippen LogP contribution is -2.41. The molecule has 0 aliphatic heterocycles. The number of aromatic hydroxyl groups is 1. The first-order chi connectivity index (χ1) is 14.6. The summed E-state index contributed by atoms with van der Waals surface area (Å²) in [7, 11) is 0. The van der Waals surface area contributed by atoms with Gasteiger partial charge in [-0.1, -0.05) is 33.6 Å². The molecule has 3 aromatic heterocycles. The van der Waals surface area contributed by atoms with E-state index in [1.54, 1.807) is 18.2 Å². The van der Waals surface area contributed by atoms with Crippen LogP contribution in [-0.2, 0) is 6.54 Å². The number of thiazole rings is 1. The minimum Gasteiger partial charge on any atom is -0.477 e. The molecular formula is C19H11BrClF3N3O3S+. The topological polar surface area (TPSA) is 67.7 Å². The van der Waals surface area contributed by atoms with Gasteiger partial charge in [0, 0.05) is 22.3 Å². The maximum atomic E-state index is 13.1. The van der Waals surface area contributed by atoms with Crippen LogP contribution in [-0.4, -0.2) is 20.9 Å². The monoisotopic (exact) mass is 532 g/mol. The molecule has 4 aromatic rings. The second kappa shape index (κ2) is 8.13. The molecule has 0 aliphatic rings. The summed E-state index contributed by atoms with van der Waals surface area (Å²) in [5.74, 6) is -0.952. The minimum atomic E-state index is -4.91. The van der Waals surface area contributed by atoms with Crippen LogP contribution in [0.2, 0.25) is 4.47 Å². The number of halogens is 5. The Labute approximate surface area is 189 Å². The molecule has 3 heterocycles. The zero-order valence-corrected chi connectivity index (χ0v) is 18.4. The molecule has 0 amide bonds. The zero-order chi connectivity index (χ0) is 22.3. The van der Waals surface area contributed by atoms with Crippen molar-refractivity contribution < 1.29 is 27.6 Å². The first kappa shape index (κ1) is 21.6. The van der Waals surface area contributed by atoms with Crippen molar-refractivity contribution in [3.8, 4) is 22.8 Å². The molecule has 1 aromatic carbocycles. The number of nitrogens with zero attached hydrogens (tertiary/aromatic N) is 3. The minimum absolute atomic E-state index is 0.0467. The molecule has 160 valence electrons. The largest absolute Gasteiger partial charge is 0.573 e. The molecule has 1 N–H and O–H groups in total. The lowest BCUT2D eigenvalue weighted by Gasteiger charge is -2.12. The average molecular weight is 534 g/mol. The van der Waals surface area contributed by atoms with Crippen LogP contribution in [0.3, 0.4) is 0 Å². The van der Waals surface area contributed by atoms with Gasteiger partial charge in [0.15, 0.2) is 10.0 Å². The molecule has 0 aliphatic carbocycles. The first-order valence-corrected chi connectivity index (χ1v) is 10.5. The van der Waals surface area contributed by atoms with Crippen LogP contribution < -0.4 is 14.9 Å². The number of hydrogen-bond donors (Lipinski definition) is 1. The standard InChI is InChI=1S/C19H10BrClF3N3O3S/c20-11-5-10(6-12(7-11)30-19(22,23)24)15-16(28)26-4-2-1-3-14(26)27(17(15)29)9-13-8-25-18(21)31-13/h1-8H,9H2/p+1. The second-order valence-electron chi connectivity index (χ2n) is 6.32. The van der Waals surface area contributed by atoms with Crippen molar-refractivity contribution in [2.45, 2.75) is 12.9 Å². The van der Waals surface area contributed by atoms with E-state index < -0.39 is 23.6 Å². The van der Waals surface area contributed by atoms with Crippen molar-refractivity contribution in [2.75, 3.05) is 0 Å². The predicted molar refractivity (Wildman–Crippen MR) is 112 cm³/mol. The van der Waals surface area contributed by atoms with E-state index in [-0.39, 0.29) is 22.1 Å². The molecule has 6 nitrogen and oxygen atoms in total. The smallest absolute Gasteiger partial charge is 0.477 e. The summed E-state index contributed by atoms with van der Waals surface area (Å²) in [6.07, 6.45) is -1.87. The third-order valence-corrected chi connectivity index (χ3v) is 5.82. The third-order valence-electron chi connectivity index (χ3n) is 4.26. The SMILES string of the molecule is O=c1c(-c2cc(Br)cc(OC(F)(F)F)c2)c(O)[n+](Cc2cnc(Cl)s2)c2ccccn12. The molecular weight excluding hydrogens is 523 g/mol. The van der Waals surface area contributed by atoms with Gasteiger partial charge in [0.2, 0.25) is 0 Å². The molecule has 0 radical (unpaired) electrons. The summed E-state index contributed by atoms with van der Waals surface area (Å²) >= 11 is 10.2. The van der Waals surface area contributed by atoms with Crippen LogP contribution in [0, 0.1) is 0 Å². The number of aromatic nitrogens is 3. The van der Waals surface area contributed by atoms with Crippen LogP contribution in [0.15, 0.2) is 58.1 Å². The van der Waals surface area contributed by atoms with E-state index in [0.29, 0.717) is 15.0 Å². The molecule has 0 atom stereocenters. The van der Waals surface area contributed by atoms with Crippen LogP contribution in [0.5, 0.6) is 11.6 Å². The highest BCUT2D eigenvalue weighted by molar-refractivity contribution is 9.10. The number of alkyl halides is 3. The normalized spacial score (nSPS) is 11.8. The number of pyridine rings is 1. The highest BCUT2D eigenvalue weighted by atomic mass is 79.9. The maximum absolute atomic E-state index is 13.1. The summed E-state index contributed by atoms with van der Waals surface area (Å²) in [5.41, 5.74) is -0.374. The van der Waals surface area contributed by atoms with Gasteiger partial charge in [0.25, 0.3) is 11.5 Å². The number of fused-ring (bicyclic) bond motifs is 1. The summed E-state index contributed by atoms with van der Waals surface area (Å²) < 4.78 is 45.4. The van der Waals surface area contributed by atoms with Crippen LogP contribution >= 0.6 is 38.9 Å². The van der Waals surface area contributed by atoms with Gasteiger partial charge in [0.1, 0.15) is 12.3 Å². The lowest BCUT2D eigenvalue weighted by atomic mass is 10.1. The average Bonchev–Trinajstić information content (AvgIpc) is 3.08. The first-order valence-electron chi connectivity index (χ1n) is 8.55. The molecule has 0 bridgehead atoms. The van der Waals surface area contributed by atoms with Gasteiger partial charge < -0.3 is 9.84 Å². The van der Waals surface area contributed by atoms with E-state index in [1.807, 2.05) is 0 Å². The molecule has 0 spiro atoms. The molecule has 12 heteroatoms. The van der Waals surface area contributed by atoms with Crippen molar-refractivity contribution in [2.24, 2.45) is 0 Å². The number of benzene rings is 1. The fourth-order valence-electron chi connectivity index (χ4n) is 3.11. The molecule has 0 fully saturated rings. The third kappa shape index (κ3) is 4.53. The Balaban J connectivity index is 1.96. The van der Waals surface area contributed by atoms with E-state index in [0.717, 1.165) is 12.1 Å².